The third kappa shape index (κ3) is 7.11. The molecular weight excluding hydrogens is 260 g/mol. The quantitative estimate of drug-likeness (QED) is 0.620. The van der Waals surface area contributed by atoms with Crippen molar-refractivity contribution in [1.29, 1.82) is 0 Å². The van der Waals surface area contributed by atoms with E-state index in [1.165, 1.54) is 6.92 Å². The lowest BCUT2D eigenvalue weighted by Gasteiger charge is -2.22. The third-order valence-electron chi connectivity index (χ3n) is 2.86. The first-order valence-electron chi connectivity index (χ1n) is 6.95. The van der Waals surface area contributed by atoms with Crippen molar-refractivity contribution >= 4 is 17.8 Å². The molecule has 2 amide bonds. The van der Waals surface area contributed by atoms with Crippen LogP contribution in [-0.2, 0) is 14.4 Å². The lowest BCUT2D eigenvalue weighted by atomic mass is 10.0. The number of carboxylic acids is 1. The third-order valence-corrected chi connectivity index (χ3v) is 2.86. The van der Waals surface area contributed by atoms with Gasteiger partial charge in [-0.25, -0.2) is 0 Å². The van der Waals surface area contributed by atoms with Crippen LogP contribution in [0, 0.1) is 17.8 Å². The molecule has 0 aromatic heterocycles. The molecule has 0 aliphatic rings. The standard InChI is InChI=1S/C14H26N2O4/c1-8(2)6-11(17)16-12(9(3)4)13(18)15-7-10(5)14(19)20/h8-10,12H,6-7H2,1-5H3,(H,15,18)(H,16,17)(H,19,20). The molecule has 116 valence electrons. The van der Waals surface area contributed by atoms with Crippen molar-refractivity contribution in [3.8, 4) is 0 Å². The van der Waals surface area contributed by atoms with Gasteiger partial charge >= 0.3 is 5.97 Å². The normalized spacial score (nSPS) is 13.9. The van der Waals surface area contributed by atoms with Gasteiger partial charge in [-0.1, -0.05) is 34.6 Å². The minimum atomic E-state index is -0.963. The molecule has 0 aliphatic heterocycles. The Labute approximate surface area is 120 Å². The summed E-state index contributed by atoms with van der Waals surface area (Å²) < 4.78 is 0. The largest absolute Gasteiger partial charge is 0.481 e. The minimum absolute atomic E-state index is 0.0530. The fourth-order valence-corrected chi connectivity index (χ4v) is 1.59. The van der Waals surface area contributed by atoms with Crippen LogP contribution in [0.3, 0.4) is 0 Å². The van der Waals surface area contributed by atoms with E-state index >= 15 is 0 Å². The second-order valence-electron chi connectivity index (χ2n) is 5.87. The first-order valence-corrected chi connectivity index (χ1v) is 6.95. The summed E-state index contributed by atoms with van der Waals surface area (Å²) in [6, 6.07) is -0.637. The number of hydrogen-bond acceptors (Lipinski definition) is 3. The fourth-order valence-electron chi connectivity index (χ4n) is 1.59. The van der Waals surface area contributed by atoms with E-state index in [0.29, 0.717) is 6.42 Å². The zero-order valence-electron chi connectivity index (χ0n) is 12.9. The van der Waals surface area contributed by atoms with Crippen LogP contribution in [-0.4, -0.2) is 35.5 Å². The van der Waals surface area contributed by atoms with Crippen LogP contribution < -0.4 is 10.6 Å². The number of hydrogen-bond donors (Lipinski definition) is 3. The van der Waals surface area contributed by atoms with Crippen molar-refractivity contribution in [1.82, 2.24) is 10.6 Å². The Morgan fingerprint density at radius 2 is 1.60 bits per heavy atom. The SMILES string of the molecule is CC(C)CC(=O)NC(C(=O)NCC(C)C(=O)O)C(C)C. The number of nitrogens with one attached hydrogen (secondary N) is 2. The minimum Gasteiger partial charge on any atom is -0.481 e. The van der Waals surface area contributed by atoms with E-state index in [4.69, 9.17) is 5.11 Å². The highest BCUT2D eigenvalue weighted by molar-refractivity contribution is 5.88. The number of carboxylic acid groups (broad SMARTS) is 1. The topological polar surface area (TPSA) is 95.5 Å². The first kappa shape index (κ1) is 18.4. The van der Waals surface area contributed by atoms with Gasteiger partial charge in [0, 0.05) is 13.0 Å². The molecule has 0 fully saturated rings. The average Bonchev–Trinajstić information content (AvgIpc) is 2.31. The highest BCUT2D eigenvalue weighted by atomic mass is 16.4. The summed E-state index contributed by atoms with van der Waals surface area (Å²) in [5, 5.41) is 14.0. The molecule has 0 aromatic rings. The van der Waals surface area contributed by atoms with Crippen LogP contribution in [0.5, 0.6) is 0 Å². The van der Waals surface area contributed by atoms with E-state index in [1.54, 1.807) is 0 Å². The summed E-state index contributed by atoms with van der Waals surface area (Å²) in [5.74, 6) is -1.97. The van der Waals surface area contributed by atoms with Gasteiger partial charge in [0.25, 0.3) is 0 Å². The second kappa shape index (κ2) is 8.55. The maximum absolute atomic E-state index is 12.0. The molecule has 0 saturated heterocycles. The molecule has 0 spiro atoms. The summed E-state index contributed by atoms with van der Waals surface area (Å²) in [4.78, 5) is 34.4. The van der Waals surface area contributed by atoms with Crippen molar-refractivity contribution in [2.45, 2.75) is 47.1 Å². The van der Waals surface area contributed by atoms with E-state index in [9.17, 15) is 14.4 Å². The zero-order chi connectivity index (χ0) is 15.9. The van der Waals surface area contributed by atoms with Crippen LogP contribution in [0.15, 0.2) is 0 Å². The van der Waals surface area contributed by atoms with Gasteiger partial charge in [-0.2, -0.15) is 0 Å². The highest BCUT2D eigenvalue weighted by Crippen LogP contribution is 2.05. The maximum atomic E-state index is 12.0. The van der Waals surface area contributed by atoms with E-state index in [-0.39, 0.29) is 30.2 Å². The Morgan fingerprint density at radius 1 is 1.05 bits per heavy atom. The van der Waals surface area contributed by atoms with Gasteiger partial charge in [0.2, 0.25) is 11.8 Å². The lowest BCUT2D eigenvalue weighted by molar-refractivity contribution is -0.141. The smallest absolute Gasteiger partial charge is 0.308 e. The summed E-state index contributed by atoms with van der Waals surface area (Å²) >= 11 is 0. The van der Waals surface area contributed by atoms with E-state index < -0.39 is 17.9 Å². The number of carbonyl (C=O) groups is 3. The van der Waals surface area contributed by atoms with Crippen molar-refractivity contribution in [3.05, 3.63) is 0 Å². The van der Waals surface area contributed by atoms with Crippen LogP contribution in [0.2, 0.25) is 0 Å². The Hall–Kier alpha value is -1.59. The van der Waals surface area contributed by atoms with Crippen molar-refractivity contribution in [2.24, 2.45) is 17.8 Å². The Morgan fingerprint density at radius 3 is 2.00 bits per heavy atom. The molecule has 0 aliphatic carbocycles. The van der Waals surface area contributed by atoms with E-state index in [2.05, 4.69) is 10.6 Å². The maximum Gasteiger partial charge on any atom is 0.308 e. The van der Waals surface area contributed by atoms with E-state index in [0.717, 1.165) is 0 Å². The summed E-state index contributed by atoms with van der Waals surface area (Å²) in [6.07, 6.45) is 0.363. The van der Waals surface area contributed by atoms with Gasteiger partial charge in [-0.3, -0.25) is 14.4 Å². The van der Waals surface area contributed by atoms with Gasteiger partial charge in [0.05, 0.1) is 5.92 Å². The lowest BCUT2D eigenvalue weighted by Crippen LogP contribution is -2.50. The zero-order valence-corrected chi connectivity index (χ0v) is 12.9. The molecule has 0 saturated carbocycles. The molecule has 0 aromatic carbocycles. The molecule has 0 bridgehead atoms. The van der Waals surface area contributed by atoms with Crippen LogP contribution in [0.4, 0.5) is 0 Å². The molecule has 0 heterocycles. The number of rotatable bonds is 8. The fraction of sp³-hybridized carbons (Fsp3) is 0.786. The number of amides is 2. The number of carbonyl (C=O) groups excluding carboxylic acids is 2. The van der Waals surface area contributed by atoms with Crippen LogP contribution in [0.25, 0.3) is 0 Å². The molecule has 0 rings (SSSR count). The van der Waals surface area contributed by atoms with Gasteiger partial charge in [0.15, 0.2) is 0 Å². The first-order chi connectivity index (χ1) is 9.15. The Bertz CT molecular complexity index is 353. The molecule has 2 atom stereocenters. The summed E-state index contributed by atoms with van der Waals surface area (Å²) in [6.45, 7) is 9.10. The predicted octanol–water partition coefficient (Wildman–Crippen LogP) is 1.01. The predicted molar refractivity (Wildman–Crippen MR) is 76.0 cm³/mol. The highest BCUT2D eigenvalue weighted by Gasteiger charge is 2.25. The Kier molecular flexibility index (Phi) is 7.87. The van der Waals surface area contributed by atoms with Gasteiger partial charge in [0.1, 0.15) is 6.04 Å². The molecule has 6 heteroatoms. The van der Waals surface area contributed by atoms with Crippen molar-refractivity contribution in [2.75, 3.05) is 6.54 Å². The monoisotopic (exact) mass is 286 g/mol. The van der Waals surface area contributed by atoms with Crippen molar-refractivity contribution < 1.29 is 19.5 Å². The van der Waals surface area contributed by atoms with Crippen molar-refractivity contribution in [3.63, 3.8) is 0 Å². The molecular formula is C14H26N2O4. The summed E-state index contributed by atoms with van der Waals surface area (Å²) in [7, 11) is 0. The van der Waals surface area contributed by atoms with Gasteiger partial charge in [-0.05, 0) is 11.8 Å². The molecule has 20 heavy (non-hydrogen) atoms. The summed E-state index contributed by atoms with van der Waals surface area (Å²) in [5.41, 5.74) is 0. The van der Waals surface area contributed by atoms with Crippen LogP contribution >= 0.6 is 0 Å². The van der Waals surface area contributed by atoms with Crippen LogP contribution in [0.1, 0.15) is 41.0 Å². The van der Waals surface area contributed by atoms with Gasteiger partial charge < -0.3 is 15.7 Å². The second-order valence-corrected chi connectivity index (χ2v) is 5.87. The Balaban J connectivity index is 4.48. The molecule has 2 unspecified atom stereocenters. The van der Waals surface area contributed by atoms with E-state index in [1.807, 2.05) is 27.7 Å². The number of aliphatic carboxylic acids is 1. The average molecular weight is 286 g/mol. The molecule has 0 radical (unpaired) electrons. The molecule has 6 nitrogen and oxygen atoms in total. The molecule has 3 N–H and O–H groups in total. The van der Waals surface area contributed by atoms with Gasteiger partial charge in [-0.15, -0.1) is 0 Å².